The van der Waals surface area contributed by atoms with E-state index in [1.807, 2.05) is 18.7 Å². The molecule has 14 heavy (non-hydrogen) atoms. The third-order valence-corrected chi connectivity index (χ3v) is 3.41. The summed E-state index contributed by atoms with van der Waals surface area (Å²) in [7, 11) is 0. The molecule has 0 spiro atoms. The molecule has 80 valence electrons. The Labute approximate surface area is 93.6 Å². The molecule has 0 aliphatic heterocycles. The third-order valence-electron chi connectivity index (χ3n) is 1.90. The van der Waals surface area contributed by atoms with Crippen molar-refractivity contribution in [3.05, 3.63) is 11.7 Å². The first kappa shape index (κ1) is 11.9. The lowest BCUT2D eigenvalue weighted by atomic mass is 10.4. The lowest BCUT2D eigenvalue weighted by Gasteiger charge is -2.04. The molecule has 2 unspecified atom stereocenters. The van der Waals surface area contributed by atoms with Crippen LogP contribution >= 0.6 is 23.4 Å². The number of thioether (sulfide) groups is 1. The van der Waals surface area contributed by atoms with Gasteiger partial charge in [-0.05, 0) is 13.3 Å². The summed E-state index contributed by atoms with van der Waals surface area (Å²) in [6, 6.07) is 0. The van der Waals surface area contributed by atoms with Gasteiger partial charge in [0.05, 0.1) is 5.75 Å². The second-order valence-corrected chi connectivity index (χ2v) is 5.28. The topological polar surface area (TPSA) is 38.9 Å². The van der Waals surface area contributed by atoms with E-state index in [1.165, 1.54) is 0 Å². The van der Waals surface area contributed by atoms with Crippen molar-refractivity contribution in [2.45, 2.75) is 43.6 Å². The highest BCUT2D eigenvalue weighted by atomic mass is 35.5. The van der Waals surface area contributed by atoms with Crippen LogP contribution < -0.4 is 0 Å². The molecule has 0 fully saturated rings. The summed E-state index contributed by atoms with van der Waals surface area (Å²) in [6.45, 7) is 6.18. The van der Waals surface area contributed by atoms with Crippen LogP contribution in [0.3, 0.4) is 0 Å². The summed E-state index contributed by atoms with van der Waals surface area (Å²) in [4.78, 5) is 4.19. The molecule has 5 heteroatoms. The quantitative estimate of drug-likeness (QED) is 0.732. The molecule has 0 bridgehead atoms. The van der Waals surface area contributed by atoms with Crippen molar-refractivity contribution >= 4 is 23.4 Å². The molecule has 0 amide bonds. The minimum Gasteiger partial charge on any atom is -0.338 e. The molecule has 3 nitrogen and oxygen atoms in total. The normalized spacial score (nSPS) is 15.4. The Bertz CT molecular complexity index is 278. The molecule has 0 aliphatic carbocycles. The van der Waals surface area contributed by atoms with Crippen molar-refractivity contribution in [3.8, 4) is 0 Å². The SMILES string of the molecule is CCC(C)SCc1noc(C(C)Cl)n1. The van der Waals surface area contributed by atoms with E-state index in [4.69, 9.17) is 16.1 Å². The van der Waals surface area contributed by atoms with E-state index in [2.05, 4.69) is 24.0 Å². The van der Waals surface area contributed by atoms with Crippen molar-refractivity contribution < 1.29 is 4.52 Å². The molecule has 1 rings (SSSR count). The molecule has 0 N–H and O–H groups in total. The lowest BCUT2D eigenvalue weighted by Crippen LogP contribution is -1.95. The molecule has 0 saturated heterocycles. The first-order chi connectivity index (χ1) is 6.63. The summed E-state index contributed by atoms with van der Waals surface area (Å²) < 4.78 is 4.99. The first-order valence-corrected chi connectivity index (χ1v) is 6.20. The van der Waals surface area contributed by atoms with Crippen LogP contribution in [-0.4, -0.2) is 15.4 Å². The van der Waals surface area contributed by atoms with Gasteiger partial charge in [-0.15, -0.1) is 11.6 Å². The molecule has 0 aromatic carbocycles. The zero-order valence-electron chi connectivity index (χ0n) is 8.66. The minimum atomic E-state index is -0.204. The minimum absolute atomic E-state index is 0.204. The predicted molar refractivity (Wildman–Crippen MR) is 59.6 cm³/mol. The molecule has 0 aliphatic rings. The van der Waals surface area contributed by atoms with Crippen LogP contribution in [0, 0.1) is 0 Å². The van der Waals surface area contributed by atoms with Crippen LogP contribution in [0.2, 0.25) is 0 Å². The van der Waals surface area contributed by atoms with Crippen molar-refractivity contribution in [2.24, 2.45) is 0 Å². The van der Waals surface area contributed by atoms with Gasteiger partial charge in [-0.25, -0.2) is 0 Å². The van der Waals surface area contributed by atoms with Gasteiger partial charge < -0.3 is 4.52 Å². The Kier molecular flexibility index (Phi) is 4.75. The molecule has 1 heterocycles. The molecule has 2 atom stereocenters. The zero-order valence-corrected chi connectivity index (χ0v) is 10.2. The van der Waals surface area contributed by atoms with E-state index in [0.29, 0.717) is 11.1 Å². The number of halogens is 1. The molecule has 1 aromatic rings. The molecule has 0 radical (unpaired) electrons. The Balaban J connectivity index is 2.44. The number of hydrogen-bond donors (Lipinski definition) is 0. The molecular formula is C9H15ClN2OS. The van der Waals surface area contributed by atoms with Gasteiger partial charge in [-0.3, -0.25) is 0 Å². The van der Waals surface area contributed by atoms with Crippen LogP contribution in [-0.2, 0) is 5.75 Å². The number of rotatable bonds is 5. The number of aromatic nitrogens is 2. The monoisotopic (exact) mass is 234 g/mol. The van der Waals surface area contributed by atoms with Crippen LogP contribution in [0.15, 0.2) is 4.52 Å². The number of alkyl halides is 1. The van der Waals surface area contributed by atoms with Gasteiger partial charge in [0.15, 0.2) is 5.82 Å². The van der Waals surface area contributed by atoms with Crippen LogP contribution in [0.5, 0.6) is 0 Å². The highest BCUT2D eigenvalue weighted by Crippen LogP contribution is 2.21. The Morgan fingerprint density at radius 2 is 2.21 bits per heavy atom. The van der Waals surface area contributed by atoms with Gasteiger partial charge in [0, 0.05) is 5.25 Å². The van der Waals surface area contributed by atoms with E-state index in [-0.39, 0.29) is 5.38 Å². The average Bonchev–Trinajstić information content (AvgIpc) is 2.62. The van der Waals surface area contributed by atoms with Crippen molar-refractivity contribution in [1.29, 1.82) is 0 Å². The smallest absolute Gasteiger partial charge is 0.244 e. The fraction of sp³-hybridized carbons (Fsp3) is 0.778. The third kappa shape index (κ3) is 3.50. The molecule has 0 saturated carbocycles. The highest BCUT2D eigenvalue weighted by molar-refractivity contribution is 7.99. The second-order valence-electron chi connectivity index (χ2n) is 3.19. The predicted octanol–water partition coefficient (Wildman–Crippen LogP) is 3.40. The van der Waals surface area contributed by atoms with Crippen molar-refractivity contribution in [2.75, 3.05) is 0 Å². The summed E-state index contributed by atoms with van der Waals surface area (Å²) >= 11 is 7.63. The summed E-state index contributed by atoms with van der Waals surface area (Å²) in [5.41, 5.74) is 0. The number of nitrogens with zero attached hydrogens (tertiary/aromatic N) is 2. The maximum Gasteiger partial charge on any atom is 0.244 e. The zero-order chi connectivity index (χ0) is 10.6. The van der Waals surface area contributed by atoms with Crippen LogP contribution in [0.1, 0.15) is 44.3 Å². The van der Waals surface area contributed by atoms with E-state index in [9.17, 15) is 0 Å². The highest BCUT2D eigenvalue weighted by Gasteiger charge is 2.11. The summed E-state index contributed by atoms with van der Waals surface area (Å²) in [5.74, 6) is 2.03. The Hall–Kier alpha value is -0.220. The van der Waals surface area contributed by atoms with Gasteiger partial charge in [-0.1, -0.05) is 19.0 Å². The standard InChI is InChI=1S/C9H15ClN2OS/c1-4-6(2)14-5-8-11-9(7(3)10)13-12-8/h6-7H,4-5H2,1-3H3. The van der Waals surface area contributed by atoms with Gasteiger partial charge in [0.2, 0.25) is 5.89 Å². The fourth-order valence-electron chi connectivity index (χ4n) is 0.822. The average molecular weight is 235 g/mol. The van der Waals surface area contributed by atoms with Crippen LogP contribution in [0.4, 0.5) is 0 Å². The van der Waals surface area contributed by atoms with Crippen LogP contribution in [0.25, 0.3) is 0 Å². The Morgan fingerprint density at radius 3 is 2.71 bits per heavy atom. The Morgan fingerprint density at radius 1 is 1.50 bits per heavy atom. The largest absolute Gasteiger partial charge is 0.338 e. The lowest BCUT2D eigenvalue weighted by molar-refractivity contribution is 0.375. The first-order valence-electron chi connectivity index (χ1n) is 4.71. The summed E-state index contributed by atoms with van der Waals surface area (Å²) in [5, 5.41) is 4.28. The molecular weight excluding hydrogens is 220 g/mol. The van der Waals surface area contributed by atoms with E-state index < -0.39 is 0 Å². The molecule has 1 aromatic heterocycles. The van der Waals surface area contributed by atoms with Gasteiger partial charge in [0.1, 0.15) is 5.38 Å². The fourth-order valence-corrected chi connectivity index (χ4v) is 1.70. The van der Waals surface area contributed by atoms with Crippen molar-refractivity contribution in [3.63, 3.8) is 0 Å². The van der Waals surface area contributed by atoms with Crippen molar-refractivity contribution in [1.82, 2.24) is 10.1 Å². The number of hydrogen-bond acceptors (Lipinski definition) is 4. The maximum atomic E-state index is 5.80. The second kappa shape index (κ2) is 5.61. The maximum absolute atomic E-state index is 5.80. The summed E-state index contributed by atoms with van der Waals surface area (Å²) in [6.07, 6.45) is 1.15. The van der Waals surface area contributed by atoms with E-state index in [0.717, 1.165) is 18.0 Å². The van der Waals surface area contributed by atoms with Gasteiger partial charge in [-0.2, -0.15) is 16.7 Å². The van der Waals surface area contributed by atoms with Gasteiger partial charge in [0.25, 0.3) is 0 Å². The van der Waals surface area contributed by atoms with E-state index >= 15 is 0 Å². The van der Waals surface area contributed by atoms with Gasteiger partial charge >= 0.3 is 0 Å². The van der Waals surface area contributed by atoms with E-state index in [1.54, 1.807) is 0 Å².